The Morgan fingerprint density at radius 1 is 1.03 bits per heavy atom. The van der Waals surface area contributed by atoms with Gasteiger partial charge in [-0.25, -0.2) is 9.59 Å². The van der Waals surface area contributed by atoms with Crippen molar-refractivity contribution in [2.24, 2.45) is 11.3 Å². The van der Waals surface area contributed by atoms with Crippen molar-refractivity contribution in [2.45, 2.75) is 80.4 Å². The molecule has 1 aromatic carbocycles. The van der Waals surface area contributed by atoms with Crippen LogP contribution in [-0.2, 0) is 14.4 Å². The molecule has 6 heteroatoms. The van der Waals surface area contributed by atoms with Gasteiger partial charge in [0.2, 0.25) is 0 Å². The number of benzene rings is 1. The normalized spacial score (nSPS) is 17.7. The van der Waals surface area contributed by atoms with Crippen LogP contribution in [0.5, 0.6) is 0 Å². The highest BCUT2D eigenvalue weighted by atomic mass is 16.7. The minimum Gasteiger partial charge on any atom is -0.443 e. The number of allylic oxidation sites excluding steroid dienone is 3. The molecule has 0 aliphatic carbocycles. The monoisotopic (exact) mass is 428 g/mol. The Bertz CT molecular complexity index is 912. The molecule has 31 heavy (non-hydrogen) atoms. The van der Waals surface area contributed by atoms with E-state index >= 15 is 0 Å². The number of nitrogens with two attached hydrogens (primary N) is 1. The maximum Gasteiger partial charge on any atom is 0.415 e. The summed E-state index contributed by atoms with van der Waals surface area (Å²) in [4.78, 5) is 32.3. The van der Waals surface area contributed by atoms with Crippen molar-refractivity contribution in [1.29, 1.82) is 0 Å². The number of carbonyl (C=O) groups excluding carboxylic acids is 2. The molecule has 0 radical (unpaired) electrons. The summed E-state index contributed by atoms with van der Waals surface area (Å²) >= 11 is 0. The fraction of sp³-hybridized carbons (Fsp3) is 0.520. The van der Waals surface area contributed by atoms with Gasteiger partial charge in [-0.3, -0.25) is 4.90 Å². The second kappa shape index (κ2) is 8.87. The largest absolute Gasteiger partial charge is 0.443 e. The Labute approximate surface area is 186 Å². The van der Waals surface area contributed by atoms with Gasteiger partial charge in [-0.2, -0.15) is 5.90 Å². The maximum atomic E-state index is 13.3. The smallest absolute Gasteiger partial charge is 0.415 e. The Hall–Kier alpha value is -2.60. The van der Waals surface area contributed by atoms with Gasteiger partial charge in [0.1, 0.15) is 5.60 Å². The number of rotatable bonds is 3. The lowest BCUT2D eigenvalue weighted by Crippen LogP contribution is -2.47. The highest BCUT2D eigenvalue weighted by Crippen LogP contribution is 2.42. The van der Waals surface area contributed by atoms with E-state index in [1.807, 2.05) is 58.9 Å². The fourth-order valence-electron chi connectivity index (χ4n) is 3.83. The Morgan fingerprint density at radius 3 is 2.03 bits per heavy atom. The molecule has 2 N–H and O–H groups in total. The zero-order chi connectivity index (χ0) is 23.7. The molecule has 1 heterocycles. The van der Waals surface area contributed by atoms with Crippen LogP contribution < -0.4 is 5.90 Å². The fourth-order valence-corrected chi connectivity index (χ4v) is 3.83. The molecule has 2 rings (SSSR count). The topological polar surface area (TPSA) is 81.9 Å². The molecular weight excluding hydrogens is 392 g/mol. The van der Waals surface area contributed by atoms with E-state index in [0.717, 1.165) is 28.0 Å². The lowest BCUT2D eigenvalue weighted by Gasteiger charge is -2.41. The van der Waals surface area contributed by atoms with Gasteiger partial charge in [0, 0.05) is 5.70 Å². The summed E-state index contributed by atoms with van der Waals surface area (Å²) in [6.07, 6.45) is 0.131. The van der Waals surface area contributed by atoms with Crippen LogP contribution in [0, 0.1) is 12.3 Å². The number of hydrogen-bond donors (Lipinski definition) is 1. The van der Waals surface area contributed by atoms with Crippen molar-refractivity contribution < 1.29 is 19.2 Å². The third kappa shape index (κ3) is 5.76. The molecule has 6 nitrogen and oxygen atoms in total. The van der Waals surface area contributed by atoms with Crippen molar-refractivity contribution in [3.63, 3.8) is 0 Å². The third-order valence-corrected chi connectivity index (χ3v) is 5.13. The molecule has 0 aromatic heterocycles. The maximum absolute atomic E-state index is 13.3. The van der Waals surface area contributed by atoms with Crippen molar-refractivity contribution in [3.8, 4) is 0 Å². The van der Waals surface area contributed by atoms with Crippen LogP contribution in [-0.4, -0.2) is 28.6 Å². The summed E-state index contributed by atoms with van der Waals surface area (Å²) < 4.78 is 5.71. The number of amides is 1. The number of carbonyl (C=O) groups is 2. The number of ether oxygens (including phenoxy) is 1. The van der Waals surface area contributed by atoms with E-state index in [-0.39, 0.29) is 5.41 Å². The standard InChI is InChI=1S/C25H36N2O4/c1-15-10-12-18(13-11-15)20-16(2)19(14-24(4,5)6)27(23(29)30-25(7,8)9)17(3)21(20)22(28)31-26/h10-13,17H,14,26H2,1-9H3. The van der Waals surface area contributed by atoms with Crippen LogP contribution >= 0.6 is 0 Å². The Morgan fingerprint density at radius 2 is 1.58 bits per heavy atom. The molecule has 0 saturated heterocycles. The van der Waals surface area contributed by atoms with Gasteiger partial charge in [0.15, 0.2) is 0 Å². The van der Waals surface area contributed by atoms with E-state index < -0.39 is 23.7 Å². The quantitative estimate of drug-likeness (QED) is 0.642. The highest BCUT2D eigenvalue weighted by Gasteiger charge is 2.41. The van der Waals surface area contributed by atoms with Gasteiger partial charge in [-0.05, 0) is 70.1 Å². The second-order valence-electron chi connectivity index (χ2n) is 10.4. The van der Waals surface area contributed by atoms with Crippen LogP contribution in [0.3, 0.4) is 0 Å². The molecule has 1 aliphatic rings. The van der Waals surface area contributed by atoms with Gasteiger partial charge >= 0.3 is 12.1 Å². The number of nitrogens with zero attached hydrogens (tertiary/aromatic N) is 1. The van der Waals surface area contributed by atoms with Gasteiger partial charge in [-0.15, -0.1) is 0 Å². The predicted octanol–water partition coefficient (Wildman–Crippen LogP) is 5.51. The van der Waals surface area contributed by atoms with Crippen molar-refractivity contribution in [3.05, 3.63) is 52.2 Å². The molecule has 1 amide bonds. The average Bonchev–Trinajstić information content (AvgIpc) is 2.62. The van der Waals surface area contributed by atoms with E-state index in [1.165, 1.54) is 0 Å². The summed E-state index contributed by atoms with van der Waals surface area (Å²) in [5.41, 5.74) is 3.98. The van der Waals surface area contributed by atoms with Crippen LogP contribution in [0.25, 0.3) is 5.57 Å². The van der Waals surface area contributed by atoms with Crippen molar-refractivity contribution >= 4 is 17.6 Å². The SMILES string of the molecule is CC1=C(CC(C)(C)C)N(C(=O)OC(C)(C)C)C(C)C(C(=O)ON)=C1c1ccc(C)cc1. The van der Waals surface area contributed by atoms with E-state index in [2.05, 4.69) is 25.6 Å². The highest BCUT2D eigenvalue weighted by molar-refractivity contribution is 6.04. The lowest BCUT2D eigenvalue weighted by atomic mass is 9.80. The lowest BCUT2D eigenvalue weighted by molar-refractivity contribution is -0.140. The van der Waals surface area contributed by atoms with Crippen LogP contribution in [0.1, 0.15) is 72.9 Å². The summed E-state index contributed by atoms with van der Waals surface area (Å²) in [5, 5.41) is 0. The van der Waals surface area contributed by atoms with E-state index in [1.54, 1.807) is 11.8 Å². The molecule has 1 aromatic rings. The summed E-state index contributed by atoms with van der Waals surface area (Å²) in [5.74, 6) is 4.64. The van der Waals surface area contributed by atoms with E-state index in [4.69, 9.17) is 10.6 Å². The zero-order valence-corrected chi connectivity index (χ0v) is 20.3. The summed E-state index contributed by atoms with van der Waals surface area (Å²) in [7, 11) is 0. The first-order chi connectivity index (χ1) is 14.2. The first-order valence-electron chi connectivity index (χ1n) is 10.6. The summed E-state index contributed by atoms with van der Waals surface area (Å²) in [6, 6.07) is 7.33. The third-order valence-electron chi connectivity index (χ3n) is 5.13. The van der Waals surface area contributed by atoms with Gasteiger partial charge in [0.05, 0.1) is 11.6 Å². The number of aryl methyl sites for hydroxylation is 1. The molecule has 0 fully saturated rings. The minimum atomic E-state index is -0.674. The van der Waals surface area contributed by atoms with E-state index in [9.17, 15) is 9.59 Å². The first-order valence-corrected chi connectivity index (χ1v) is 10.6. The molecule has 170 valence electrons. The molecule has 1 atom stereocenters. The van der Waals surface area contributed by atoms with Crippen molar-refractivity contribution in [2.75, 3.05) is 0 Å². The molecule has 0 saturated carbocycles. The van der Waals surface area contributed by atoms with Crippen LogP contribution in [0.2, 0.25) is 0 Å². The van der Waals surface area contributed by atoms with Crippen molar-refractivity contribution in [1.82, 2.24) is 4.90 Å². The summed E-state index contributed by atoms with van der Waals surface area (Å²) in [6.45, 7) is 17.6. The predicted molar refractivity (Wildman–Crippen MR) is 123 cm³/mol. The van der Waals surface area contributed by atoms with Gasteiger partial charge in [-0.1, -0.05) is 50.6 Å². The molecule has 1 aliphatic heterocycles. The first kappa shape index (κ1) is 24.7. The second-order valence-corrected chi connectivity index (χ2v) is 10.4. The van der Waals surface area contributed by atoms with Crippen LogP contribution in [0.4, 0.5) is 4.79 Å². The molecular formula is C25H36N2O4. The Balaban J connectivity index is 2.80. The molecule has 0 bridgehead atoms. The molecule has 1 unspecified atom stereocenters. The van der Waals surface area contributed by atoms with Crippen LogP contribution in [0.15, 0.2) is 41.1 Å². The minimum absolute atomic E-state index is 0.0964. The molecule has 0 spiro atoms. The Kier molecular flexibility index (Phi) is 7.06. The van der Waals surface area contributed by atoms with Gasteiger partial charge < -0.3 is 9.57 Å². The zero-order valence-electron chi connectivity index (χ0n) is 20.3. The van der Waals surface area contributed by atoms with E-state index in [0.29, 0.717) is 12.0 Å². The number of hydrogen-bond acceptors (Lipinski definition) is 5. The van der Waals surface area contributed by atoms with Gasteiger partial charge in [0.25, 0.3) is 0 Å². The average molecular weight is 429 g/mol.